The molecule has 0 radical (unpaired) electrons. The number of fused-ring (bicyclic) bond motifs is 2. The summed E-state index contributed by atoms with van der Waals surface area (Å²) in [5.41, 5.74) is 2.81. The summed E-state index contributed by atoms with van der Waals surface area (Å²) in [6.45, 7) is 4.55. The van der Waals surface area contributed by atoms with E-state index in [9.17, 15) is 0 Å². The molecule has 2 heterocycles. The first-order valence-electron chi connectivity index (χ1n) is 6.44. The molecule has 0 bridgehead atoms. The topological polar surface area (TPSA) is 15.3 Å². The zero-order chi connectivity index (χ0) is 12.0. The van der Waals surface area contributed by atoms with Gasteiger partial charge in [-0.05, 0) is 59.7 Å². The molecule has 0 aromatic carbocycles. The third-order valence-electron chi connectivity index (χ3n) is 4.18. The average Bonchev–Trinajstić information content (AvgIpc) is 2.58. The van der Waals surface area contributed by atoms with Crippen LogP contribution in [0.25, 0.3) is 0 Å². The molecule has 1 saturated carbocycles. The molecule has 0 aromatic rings. The molecule has 1 aliphatic carbocycles. The lowest BCUT2D eigenvalue weighted by atomic mass is 9.81. The van der Waals surface area contributed by atoms with Gasteiger partial charge in [0.05, 0.1) is 5.70 Å². The van der Waals surface area contributed by atoms with Gasteiger partial charge in [0, 0.05) is 16.9 Å². The predicted molar refractivity (Wildman–Crippen MR) is 74.2 cm³/mol. The maximum Gasteiger partial charge on any atom is 0.114 e. The highest BCUT2D eigenvalue weighted by Gasteiger charge is 2.44. The zero-order valence-corrected chi connectivity index (χ0v) is 12.0. The molecule has 2 aliphatic heterocycles. The van der Waals surface area contributed by atoms with Crippen LogP contribution in [0.15, 0.2) is 34.2 Å². The van der Waals surface area contributed by atoms with Crippen molar-refractivity contribution in [1.29, 1.82) is 0 Å². The van der Waals surface area contributed by atoms with Crippen LogP contribution in [0, 0.1) is 5.92 Å². The van der Waals surface area contributed by atoms with Crippen LogP contribution >= 0.6 is 15.9 Å². The van der Waals surface area contributed by atoms with Crippen molar-refractivity contribution in [3.8, 4) is 0 Å². The SMILES string of the molecule is CC1=CC(Br)=CN2C1=CNC21CCCC(C)C1. The fourth-order valence-corrected chi connectivity index (χ4v) is 3.93. The van der Waals surface area contributed by atoms with E-state index < -0.39 is 0 Å². The molecule has 0 amide bonds. The van der Waals surface area contributed by atoms with E-state index >= 15 is 0 Å². The molecule has 1 N–H and O–H groups in total. The molecular weight excluding hydrogens is 276 g/mol. The monoisotopic (exact) mass is 294 g/mol. The van der Waals surface area contributed by atoms with E-state index in [0.717, 1.165) is 5.92 Å². The minimum atomic E-state index is 0.140. The summed E-state index contributed by atoms with van der Waals surface area (Å²) in [4.78, 5) is 2.45. The highest BCUT2D eigenvalue weighted by molar-refractivity contribution is 9.11. The summed E-state index contributed by atoms with van der Waals surface area (Å²) >= 11 is 3.62. The number of allylic oxidation sites excluding steroid dienone is 3. The number of nitrogens with one attached hydrogen (secondary N) is 1. The molecule has 2 nitrogen and oxygen atoms in total. The molecule has 0 aromatic heterocycles. The molecule has 0 saturated heterocycles. The van der Waals surface area contributed by atoms with Gasteiger partial charge in [-0.2, -0.15) is 0 Å². The first kappa shape index (κ1) is 11.4. The van der Waals surface area contributed by atoms with Gasteiger partial charge < -0.3 is 10.2 Å². The molecule has 92 valence electrons. The Balaban J connectivity index is 1.95. The molecule has 3 heteroatoms. The largest absolute Gasteiger partial charge is 0.367 e. The fourth-order valence-electron chi connectivity index (χ4n) is 3.38. The quantitative estimate of drug-likeness (QED) is 0.730. The third kappa shape index (κ3) is 1.75. The molecular formula is C14H19BrN2. The van der Waals surface area contributed by atoms with E-state index in [0.29, 0.717) is 0 Å². The Hall–Kier alpha value is -0.700. The first-order chi connectivity index (χ1) is 8.11. The van der Waals surface area contributed by atoms with Crippen molar-refractivity contribution in [3.05, 3.63) is 34.2 Å². The molecule has 17 heavy (non-hydrogen) atoms. The first-order valence-corrected chi connectivity index (χ1v) is 7.23. The average molecular weight is 295 g/mol. The van der Waals surface area contributed by atoms with Gasteiger partial charge in [0.2, 0.25) is 0 Å². The Morgan fingerprint density at radius 3 is 3.12 bits per heavy atom. The Bertz CT molecular complexity index is 436. The number of halogens is 1. The van der Waals surface area contributed by atoms with Crippen molar-refractivity contribution in [1.82, 2.24) is 10.2 Å². The van der Waals surface area contributed by atoms with Crippen LogP contribution < -0.4 is 5.32 Å². The van der Waals surface area contributed by atoms with Crippen molar-refractivity contribution in [2.24, 2.45) is 5.92 Å². The van der Waals surface area contributed by atoms with Gasteiger partial charge in [-0.25, -0.2) is 0 Å². The van der Waals surface area contributed by atoms with Crippen LogP contribution in [0.2, 0.25) is 0 Å². The van der Waals surface area contributed by atoms with Gasteiger partial charge in [0.15, 0.2) is 0 Å². The summed E-state index contributed by atoms with van der Waals surface area (Å²) in [6.07, 6.45) is 11.8. The van der Waals surface area contributed by atoms with Crippen LogP contribution in [-0.2, 0) is 0 Å². The number of hydrogen-bond acceptors (Lipinski definition) is 2. The highest BCUT2D eigenvalue weighted by atomic mass is 79.9. The molecule has 2 atom stereocenters. The van der Waals surface area contributed by atoms with Crippen LogP contribution in [-0.4, -0.2) is 10.6 Å². The second-order valence-corrected chi connectivity index (χ2v) is 6.53. The van der Waals surface area contributed by atoms with Crippen molar-refractivity contribution >= 4 is 15.9 Å². The second kappa shape index (κ2) is 3.91. The van der Waals surface area contributed by atoms with E-state index in [1.165, 1.54) is 41.4 Å². The molecule has 1 fully saturated rings. The highest BCUT2D eigenvalue weighted by Crippen LogP contribution is 2.43. The lowest BCUT2D eigenvalue weighted by Crippen LogP contribution is -2.53. The Kier molecular flexibility index (Phi) is 2.62. The van der Waals surface area contributed by atoms with E-state index in [2.05, 4.69) is 58.5 Å². The fraction of sp³-hybridized carbons (Fsp3) is 0.571. The van der Waals surface area contributed by atoms with Crippen LogP contribution in [0.3, 0.4) is 0 Å². The number of rotatable bonds is 0. The van der Waals surface area contributed by atoms with Crippen LogP contribution in [0.5, 0.6) is 0 Å². The third-order valence-corrected chi connectivity index (χ3v) is 4.62. The van der Waals surface area contributed by atoms with Crippen molar-refractivity contribution in [2.75, 3.05) is 0 Å². The maximum atomic E-state index is 3.65. The summed E-state index contributed by atoms with van der Waals surface area (Å²) in [5.74, 6) is 0.808. The zero-order valence-electron chi connectivity index (χ0n) is 10.5. The molecule has 3 rings (SSSR count). The Morgan fingerprint density at radius 2 is 2.35 bits per heavy atom. The Labute approximate surface area is 112 Å². The Morgan fingerprint density at radius 1 is 1.53 bits per heavy atom. The van der Waals surface area contributed by atoms with Crippen LogP contribution in [0.1, 0.15) is 39.5 Å². The van der Waals surface area contributed by atoms with Crippen molar-refractivity contribution in [2.45, 2.75) is 45.2 Å². The van der Waals surface area contributed by atoms with Crippen molar-refractivity contribution in [3.63, 3.8) is 0 Å². The van der Waals surface area contributed by atoms with E-state index in [4.69, 9.17) is 0 Å². The van der Waals surface area contributed by atoms with Crippen molar-refractivity contribution < 1.29 is 0 Å². The minimum Gasteiger partial charge on any atom is -0.367 e. The minimum absolute atomic E-state index is 0.140. The summed E-state index contributed by atoms with van der Waals surface area (Å²) < 4.78 is 1.17. The standard InChI is InChI=1S/C14H19BrN2/c1-10-4-3-5-14(7-10)16-8-13-11(2)6-12(15)9-17(13)14/h6,8-10,16H,3-5,7H2,1-2H3. The molecule has 3 aliphatic rings. The van der Waals surface area contributed by atoms with Gasteiger partial charge in [0.25, 0.3) is 0 Å². The lowest BCUT2D eigenvalue weighted by Gasteiger charge is -2.45. The van der Waals surface area contributed by atoms with E-state index in [1.54, 1.807) is 0 Å². The van der Waals surface area contributed by atoms with Gasteiger partial charge >= 0.3 is 0 Å². The number of hydrogen-bond donors (Lipinski definition) is 1. The summed E-state index contributed by atoms with van der Waals surface area (Å²) in [7, 11) is 0. The van der Waals surface area contributed by atoms with Crippen LogP contribution in [0.4, 0.5) is 0 Å². The van der Waals surface area contributed by atoms with E-state index in [1.807, 2.05) is 0 Å². The summed E-state index contributed by atoms with van der Waals surface area (Å²) in [6, 6.07) is 0. The smallest absolute Gasteiger partial charge is 0.114 e. The summed E-state index contributed by atoms with van der Waals surface area (Å²) in [5, 5.41) is 3.65. The maximum absolute atomic E-state index is 3.65. The predicted octanol–water partition coefficient (Wildman–Crippen LogP) is 3.84. The molecule has 2 unspecified atom stereocenters. The number of nitrogens with zero attached hydrogens (tertiary/aromatic N) is 1. The normalized spacial score (nSPS) is 36.1. The van der Waals surface area contributed by atoms with Gasteiger partial charge in [-0.15, -0.1) is 0 Å². The second-order valence-electron chi connectivity index (χ2n) is 5.62. The van der Waals surface area contributed by atoms with Gasteiger partial charge in [0.1, 0.15) is 5.66 Å². The molecule has 1 spiro atoms. The van der Waals surface area contributed by atoms with E-state index in [-0.39, 0.29) is 5.66 Å². The van der Waals surface area contributed by atoms with Gasteiger partial charge in [-0.3, -0.25) is 0 Å². The lowest BCUT2D eigenvalue weighted by molar-refractivity contribution is 0.0977. The van der Waals surface area contributed by atoms with Gasteiger partial charge in [-0.1, -0.05) is 13.3 Å².